The molecule has 1 aromatic rings. The number of piperazine rings is 1. The van der Waals surface area contributed by atoms with Crippen LogP contribution in [0.2, 0.25) is 0 Å². The lowest BCUT2D eigenvalue weighted by Gasteiger charge is -2.35. The van der Waals surface area contributed by atoms with E-state index in [1.54, 1.807) is 6.08 Å². The van der Waals surface area contributed by atoms with Crippen molar-refractivity contribution >= 4 is 29.0 Å². The molecule has 2 aliphatic heterocycles. The van der Waals surface area contributed by atoms with Gasteiger partial charge in [-0.3, -0.25) is 24.3 Å². The van der Waals surface area contributed by atoms with Gasteiger partial charge in [-0.2, -0.15) is 0 Å². The van der Waals surface area contributed by atoms with E-state index in [0.29, 0.717) is 18.1 Å². The Hall–Kier alpha value is -1.67. The maximum Gasteiger partial charge on any atom is 0.294 e. The Morgan fingerprint density at radius 1 is 1.04 bits per heavy atom. The smallest absolute Gasteiger partial charge is 0.294 e. The molecule has 24 heavy (non-hydrogen) atoms. The number of amides is 2. The number of nitrogens with zero attached hydrogens (tertiary/aromatic N) is 3. The molecule has 0 bridgehead atoms. The first-order valence-corrected chi connectivity index (χ1v) is 8.85. The van der Waals surface area contributed by atoms with Crippen LogP contribution in [0.4, 0.5) is 4.79 Å². The summed E-state index contributed by atoms with van der Waals surface area (Å²) in [5, 5.41) is 8.76. The topological polar surface area (TPSA) is 64.1 Å². The molecule has 2 aliphatic rings. The third-order valence-electron chi connectivity index (χ3n) is 4.19. The van der Waals surface area contributed by atoms with Crippen LogP contribution in [-0.4, -0.2) is 77.0 Å². The van der Waals surface area contributed by atoms with Crippen molar-refractivity contribution in [2.45, 2.75) is 0 Å². The summed E-state index contributed by atoms with van der Waals surface area (Å²) in [6, 6.07) is 9.55. The number of aliphatic hydroxyl groups excluding tert-OH is 1. The number of rotatable bonds is 5. The molecule has 3 rings (SSSR count). The molecule has 2 saturated heterocycles. The summed E-state index contributed by atoms with van der Waals surface area (Å²) in [6.45, 7) is 4.44. The Labute approximate surface area is 145 Å². The number of carbonyl (C=O) groups is 2. The average Bonchev–Trinajstić information content (AvgIpc) is 2.85. The number of hydrogen-bond acceptors (Lipinski definition) is 6. The van der Waals surface area contributed by atoms with E-state index in [0.717, 1.165) is 43.5 Å². The minimum atomic E-state index is -0.216. The minimum absolute atomic E-state index is 0.160. The van der Waals surface area contributed by atoms with Crippen LogP contribution in [0.15, 0.2) is 35.2 Å². The van der Waals surface area contributed by atoms with Crippen molar-refractivity contribution in [3.05, 3.63) is 40.8 Å². The summed E-state index contributed by atoms with van der Waals surface area (Å²) >= 11 is 1.00. The molecule has 0 spiro atoms. The number of benzene rings is 1. The van der Waals surface area contributed by atoms with Crippen LogP contribution in [0.5, 0.6) is 0 Å². The lowest BCUT2D eigenvalue weighted by Crippen LogP contribution is -2.51. The van der Waals surface area contributed by atoms with Gasteiger partial charge in [-0.25, -0.2) is 0 Å². The van der Waals surface area contributed by atoms with Crippen molar-refractivity contribution in [1.82, 2.24) is 14.7 Å². The van der Waals surface area contributed by atoms with E-state index >= 15 is 0 Å². The van der Waals surface area contributed by atoms with Gasteiger partial charge in [0, 0.05) is 32.7 Å². The lowest BCUT2D eigenvalue weighted by molar-refractivity contribution is -0.124. The Morgan fingerprint density at radius 3 is 2.38 bits per heavy atom. The molecule has 7 heteroatoms. The molecule has 6 nitrogen and oxygen atoms in total. The first-order valence-electron chi connectivity index (χ1n) is 8.03. The Bertz CT molecular complexity index is 627. The van der Waals surface area contributed by atoms with E-state index in [4.69, 9.17) is 5.11 Å². The van der Waals surface area contributed by atoms with Gasteiger partial charge in [0.05, 0.1) is 18.2 Å². The quantitative estimate of drug-likeness (QED) is 0.810. The largest absolute Gasteiger partial charge is 0.395 e. The maximum absolute atomic E-state index is 12.5. The minimum Gasteiger partial charge on any atom is -0.395 e. The number of hydrogen-bond donors (Lipinski definition) is 1. The van der Waals surface area contributed by atoms with E-state index in [1.165, 1.54) is 4.90 Å². The maximum atomic E-state index is 12.5. The van der Waals surface area contributed by atoms with Crippen LogP contribution in [0.25, 0.3) is 6.08 Å². The highest BCUT2D eigenvalue weighted by molar-refractivity contribution is 8.18. The van der Waals surface area contributed by atoms with Gasteiger partial charge in [0.25, 0.3) is 11.1 Å². The number of imide groups is 1. The predicted molar refractivity (Wildman–Crippen MR) is 94.2 cm³/mol. The second-order valence-corrected chi connectivity index (χ2v) is 6.84. The second kappa shape index (κ2) is 7.94. The summed E-state index contributed by atoms with van der Waals surface area (Å²) in [5.74, 6) is -0.216. The molecule has 0 saturated carbocycles. The fourth-order valence-corrected chi connectivity index (χ4v) is 3.65. The zero-order valence-electron chi connectivity index (χ0n) is 13.4. The van der Waals surface area contributed by atoms with Gasteiger partial charge < -0.3 is 5.11 Å². The molecule has 128 valence electrons. The molecule has 2 amide bonds. The molecule has 0 aromatic heterocycles. The molecule has 1 aromatic carbocycles. The van der Waals surface area contributed by atoms with Crippen LogP contribution >= 0.6 is 11.8 Å². The molecule has 0 atom stereocenters. The molecular formula is C17H21N3O3S. The first-order chi connectivity index (χ1) is 11.7. The van der Waals surface area contributed by atoms with Crippen molar-refractivity contribution in [1.29, 1.82) is 0 Å². The highest BCUT2D eigenvalue weighted by Crippen LogP contribution is 2.32. The highest BCUT2D eigenvalue weighted by atomic mass is 32.2. The monoisotopic (exact) mass is 347 g/mol. The predicted octanol–water partition coefficient (Wildman–Crippen LogP) is 1.29. The summed E-state index contributed by atoms with van der Waals surface area (Å²) < 4.78 is 0. The third kappa shape index (κ3) is 4.05. The normalized spacial score (nSPS) is 21.9. The molecule has 2 fully saturated rings. The molecule has 0 unspecified atom stereocenters. The zero-order chi connectivity index (χ0) is 16.9. The fourth-order valence-electron chi connectivity index (χ4n) is 2.82. The van der Waals surface area contributed by atoms with E-state index in [9.17, 15) is 9.59 Å². The van der Waals surface area contributed by atoms with Crippen molar-refractivity contribution in [2.24, 2.45) is 0 Å². The van der Waals surface area contributed by atoms with Gasteiger partial charge in [-0.1, -0.05) is 30.3 Å². The molecule has 2 heterocycles. The first kappa shape index (κ1) is 17.2. The summed E-state index contributed by atoms with van der Waals surface area (Å²) in [5.41, 5.74) is 0.917. The third-order valence-corrected chi connectivity index (χ3v) is 5.10. The standard InChI is InChI=1S/C17H21N3O3S/c21-11-10-18-6-8-19(9-7-18)13-20-16(22)15(24-17(20)23)12-14-4-2-1-3-5-14/h1-5,12,21H,6-11,13H2/b15-12+. The summed E-state index contributed by atoms with van der Waals surface area (Å²) in [7, 11) is 0. The van der Waals surface area contributed by atoms with Crippen LogP contribution in [0, 0.1) is 0 Å². The fraction of sp³-hybridized carbons (Fsp3) is 0.412. The number of β-amino-alcohol motifs (C(OH)–C–C–N with tert-alkyl or cyclic N) is 1. The SMILES string of the molecule is O=C1S/C(=C/c2ccccc2)C(=O)N1CN1CCN(CCO)CC1. The van der Waals surface area contributed by atoms with Crippen LogP contribution in [0.1, 0.15) is 5.56 Å². The molecule has 0 aliphatic carbocycles. The second-order valence-electron chi connectivity index (χ2n) is 5.85. The van der Waals surface area contributed by atoms with Gasteiger partial charge in [-0.15, -0.1) is 0 Å². The average molecular weight is 347 g/mol. The van der Waals surface area contributed by atoms with Crippen molar-refractivity contribution in [3.8, 4) is 0 Å². The van der Waals surface area contributed by atoms with E-state index in [2.05, 4.69) is 9.80 Å². The van der Waals surface area contributed by atoms with E-state index in [-0.39, 0.29) is 17.8 Å². The van der Waals surface area contributed by atoms with Gasteiger partial charge >= 0.3 is 0 Å². The lowest BCUT2D eigenvalue weighted by atomic mass is 10.2. The Balaban J connectivity index is 1.60. The molecular weight excluding hydrogens is 326 g/mol. The van der Waals surface area contributed by atoms with Gasteiger partial charge in [-0.05, 0) is 23.4 Å². The van der Waals surface area contributed by atoms with Crippen LogP contribution < -0.4 is 0 Å². The van der Waals surface area contributed by atoms with Crippen molar-refractivity contribution in [3.63, 3.8) is 0 Å². The summed E-state index contributed by atoms with van der Waals surface area (Å²) in [6.07, 6.45) is 1.77. The molecule has 1 N–H and O–H groups in total. The van der Waals surface area contributed by atoms with Crippen LogP contribution in [-0.2, 0) is 4.79 Å². The Morgan fingerprint density at radius 2 is 1.71 bits per heavy atom. The number of carbonyl (C=O) groups excluding carboxylic acids is 2. The van der Waals surface area contributed by atoms with Gasteiger partial charge in [0.2, 0.25) is 0 Å². The number of aliphatic hydroxyl groups is 1. The summed E-state index contributed by atoms with van der Waals surface area (Å²) in [4.78, 5) is 30.8. The van der Waals surface area contributed by atoms with E-state index in [1.807, 2.05) is 30.3 Å². The molecule has 0 radical (unpaired) electrons. The van der Waals surface area contributed by atoms with Crippen molar-refractivity contribution < 1.29 is 14.7 Å². The number of thioether (sulfide) groups is 1. The van der Waals surface area contributed by atoms with Crippen molar-refractivity contribution in [2.75, 3.05) is 46.0 Å². The van der Waals surface area contributed by atoms with Gasteiger partial charge in [0.15, 0.2) is 0 Å². The van der Waals surface area contributed by atoms with Crippen LogP contribution in [0.3, 0.4) is 0 Å². The Kier molecular flexibility index (Phi) is 5.68. The van der Waals surface area contributed by atoms with Gasteiger partial charge in [0.1, 0.15) is 0 Å². The van der Waals surface area contributed by atoms with E-state index < -0.39 is 0 Å². The highest BCUT2D eigenvalue weighted by Gasteiger charge is 2.36. The zero-order valence-corrected chi connectivity index (χ0v) is 14.2.